The molecule has 26 heavy (non-hydrogen) atoms. The number of aromatic nitrogens is 3. The van der Waals surface area contributed by atoms with Crippen molar-refractivity contribution < 1.29 is 4.74 Å². The van der Waals surface area contributed by atoms with Crippen molar-refractivity contribution in [3.8, 4) is 0 Å². The van der Waals surface area contributed by atoms with Gasteiger partial charge in [-0.1, -0.05) is 0 Å². The summed E-state index contributed by atoms with van der Waals surface area (Å²) in [6.07, 6.45) is 11.5. The van der Waals surface area contributed by atoms with Gasteiger partial charge in [-0.3, -0.25) is 5.10 Å². The average Bonchev–Trinajstić information content (AvgIpc) is 3.38. The SMILES string of the molecule is COCCC1CCN(c2ccnc(N3C=C(c4cn[nH]c4)SC3)c2)CC1. The van der Waals surface area contributed by atoms with Crippen LogP contribution in [0, 0.1) is 5.92 Å². The number of ether oxygens (including phenoxy) is 1. The smallest absolute Gasteiger partial charge is 0.135 e. The van der Waals surface area contributed by atoms with Crippen molar-refractivity contribution >= 4 is 28.2 Å². The van der Waals surface area contributed by atoms with Crippen molar-refractivity contribution in [3.63, 3.8) is 0 Å². The number of methoxy groups -OCH3 is 1. The van der Waals surface area contributed by atoms with Crippen LogP contribution in [0.4, 0.5) is 11.5 Å². The number of hydrogen-bond donors (Lipinski definition) is 1. The molecular formula is C19H25N5OS. The number of piperidine rings is 1. The number of anilines is 2. The number of nitrogens with one attached hydrogen (secondary N) is 1. The van der Waals surface area contributed by atoms with Gasteiger partial charge in [0.1, 0.15) is 5.82 Å². The van der Waals surface area contributed by atoms with Crippen LogP contribution in [-0.4, -0.2) is 47.9 Å². The molecule has 0 saturated carbocycles. The van der Waals surface area contributed by atoms with Gasteiger partial charge in [-0.2, -0.15) is 5.10 Å². The van der Waals surface area contributed by atoms with Crippen LogP contribution in [0.15, 0.2) is 36.9 Å². The fraction of sp³-hybridized carbons (Fsp3) is 0.474. The van der Waals surface area contributed by atoms with Crippen LogP contribution in [0.5, 0.6) is 0 Å². The van der Waals surface area contributed by atoms with Gasteiger partial charge in [0.25, 0.3) is 0 Å². The molecule has 138 valence electrons. The molecule has 0 spiro atoms. The minimum absolute atomic E-state index is 0.794. The lowest BCUT2D eigenvalue weighted by Crippen LogP contribution is -2.34. The zero-order chi connectivity index (χ0) is 17.8. The van der Waals surface area contributed by atoms with E-state index in [0.717, 1.165) is 42.9 Å². The van der Waals surface area contributed by atoms with Gasteiger partial charge < -0.3 is 14.5 Å². The van der Waals surface area contributed by atoms with Crippen molar-refractivity contribution in [2.45, 2.75) is 19.3 Å². The maximum absolute atomic E-state index is 5.22. The number of pyridine rings is 1. The van der Waals surface area contributed by atoms with E-state index in [1.807, 2.05) is 30.4 Å². The predicted octanol–water partition coefficient (Wildman–Crippen LogP) is 3.57. The third-order valence-corrected chi connectivity index (χ3v) is 6.21. The van der Waals surface area contributed by atoms with E-state index in [1.54, 1.807) is 7.11 Å². The number of H-pyrrole nitrogens is 1. The van der Waals surface area contributed by atoms with Crippen LogP contribution in [0.2, 0.25) is 0 Å². The number of thioether (sulfide) groups is 1. The molecule has 0 aliphatic carbocycles. The number of aromatic amines is 1. The second-order valence-corrected chi connectivity index (χ2v) is 7.79. The summed E-state index contributed by atoms with van der Waals surface area (Å²) in [6.45, 7) is 3.10. The number of hydrogen-bond acceptors (Lipinski definition) is 6. The molecule has 4 rings (SSSR count). The van der Waals surface area contributed by atoms with Crippen molar-refractivity contribution in [1.82, 2.24) is 15.2 Å². The van der Waals surface area contributed by atoms with Gasteiger partial charge in [-0.05, 0) is 31.2 Å². The van der Waals surface area contributed by atoms with E-state index >= 15 is 0 Å². The highest BCUT2D eigenvalue weighted by Crippen LogP contribution is 2.36. The van der Waals surface area contributed by atoms with Gasteiger partial charge in [0.05, 0.1) is 12.1 Å². The summed E-state index contributed by atoms with van der Waals surface area (Å²) in [5.41, 5.74) is 2.40. The Morgan fingerprint density at radius 3 is 3.00 bits per heavy atom. The molecule has 0 bridgehead atoms. The summed E-state index contributed by atoms with van der Waals surface area (Å²) in [5.74, 6) is 2.69. The first-order chi connectivity index (χ1) is 12.8. The molecule has 1 fully saturated rings. The lowest BCUT2D eigenvalue weighted by molar-refractivity contribution is 0.170. The van der Waals surface area contributed by atoms with E-state index in [-0.39, 0.29) is 0 Å². The predicted molar refractivity (Wildman–Crippen MR) is 107 cm³/mol. The Balaban J connectivity index is 1.42. The maximum Gasteiger partial charge on any atom is 0.135 e. The molecule has 0 unspecified atom stereocenters. The maximum atomic E-state index is 5.22. The van der Waals surface area contributed by atoms with Crippen LogP contribution >= 0.6 is 11.8 Å². The lowest BCUT2D eigenvalue weighted by atomic mass is 9.93. The highest BCUT2D eigenvalue weighted by Gasteiger charge is 2.21. The van der Waals surface area contributed by atoms with Gasteiger partial charge in [0.15, 0.2) is 0 Å². The van der Waals surface area contributed by atoms with Gasteiger partial charge in [-0.25, -0.2) is 4.98 Å². The van der Waals surface area contributed by atoms with Gasteiger partial charge in [-0.15, -0.1) is 11.8 Å². The summed E-state index contributed by atoms with van der Waals surface area (Å²) < 4.78 is 5.22. The van der Waals surface area contributed by atoms with Crippen molar-refractivity contribution in [2.24, 2.45) is 5.92 Å². The molecule has 1 saturated heterocycles. The van der Waals surface area contributed by atoms with Crippen LogP contribution in [0.3, 0.4) is 0 Å². The normalized spacial score (nSPS) is 18.4. The van der Waals surface area contributed by atoms with E-state index in [4.69, 9.17) is 4.74 Å². The minimum Gasteiger partial charge on any atom is -0.385 e. The van der Waals surface area contributed by atoms with E-state index < -0.39 is 0 Å². The molecule has 0 atom stereocenters. The molecule has 0 amide bonds. The summed E-state index contributed by atoms with van der Waals surface area (Å²) in [7, 11) is 1.79. The third-order valence-electron chi connectivity index (χ3n) is 5.15. The van der Waals surface area contributed by atoms with Gasteiger partial charge >= 0.3 is 0 Å². The average molecular weight is 372 g/mol. The lowest BCUT2D eigenvalue weighted by Gasteiger charge is -2.34. The second-order valence-electron chi connectivity index (χ2n) is 6.81. The molecule has 0 radical (unpaired) electrons. The molecule has 2 aliphatic rings. The van der Waals surface area contributed by atoms with Crippen LogP contribution in [-0.2, 0) is 4.74 Å². The van der Waals surface area contributed by atoms with Gasteiger partial charge in [0, 0.05) is 67.6 Å². The standard InChI is InChI=1S/C19H25N5OS/c1-25-9-5-15-3-7-23(8-4-15)17-2-6-20-19(10-17)24-13-18(26-14-24)16-11-21-22-12-16/h2,6,10-13,15H,3-5,7-9,14H2,1H3,(H,21,22). The highest BCUT2D eigenvalue weighted by molar-refractivity contribution is 8.08. The molecule has 7 heteroatoms. The summed E-state index contributed by atoms with van der Waals surface area (Å²) >= 11 is 1.81. The summed E-state index contributed by atoms with van der Waals surface area (Å²) in [5, 5.41) is 6.91. The van der Waals surface area contributed by atoms with E-state index in [2.05, 4.69) is 43.3 Å². The van der Waals surface area contributed by atoms with E-state index in [1.165, 1.54) is 29.9 Å². The quantitative estimate of drug-likeness (QED) is 0.838. The molecule has 1 N–H and O–H groups in total. The fourth-order valence-corrected chi connectivity index (χ4v) is 4.52. The second kappa shape index (κ2) is 8.14. The van der Waals surface area contributed by atoms with Crippen molar-refractivity contribution in [2.75, 3.05) is 42.5 Å². The molecular weight excluding hydrogens is 346 g/mol. The molecule has 6 nitrogen and oxygen atoms in total. The zero-order valence-corrected chi connectivity index (χ0v) is 15.9. The van der Waals surface area contributed by atoms with Crippen molar-refractivity contribution in [3.05, 3.63) is 42.5 Å². The van der Waals surface area contributed by atoms with Crippen LogP contribution in [0.1, 0.15) is 24.8 Å². The number of nitrogens with zero attached hydrogens (tertiary/aromatic N) is 4. The first-order valence-electron chi connectivity index (χ1n) is 9.14. The summed E-state index contributed by atoms with van der Waals surface area (Å²) in [4.78, 5) is 10.5. The summed E-state index contributed by atoms with van der Waals surface area (Å²) in [6, 6.07) is 4.34. The Morgan fingerprint density at radius 2 is 2.23 bits per heavy atom. The first-order valence-corrected chi connectivity index (χ1v) is 10.1. The molecule has 2 aliphatic heterocycles. The molecule has 2 aromatic heterocycles. The number of rotatable bonds is 6. The van der Waals surface area contributed by atoms with E-state index in [0.29, 0.717) is 0 Å². The fourth-order valence-electron chi connectivity index (χ4n) is 3.56. The van der Waals surface area contributed by atoms with Gasteiger partial charge in [0.2, 0.25) is 0 Å². The van der Waals surface area contributed by atoms with Crippen molar-refractivity contribution in [1.29, 1.82) is 0 Å². The van der Waals surface area contributed by atoms with Crippen LogP contribution in [0.25, 0.3) is 4.91 Å². The van der Waals surface area contributed by atoms with E-state index in [9.17, 15) is 0 Å². The highest BCUT2D eigenvalue weighted by atomic mass is 32.2. The molecule has 0 aromatic carbocycles. The Bertz CT molecular complexity index is 740. The molecule has 2 aromatic rings. The Hall–Kier alpha value is -1.99. The largest absolute Gasteiger partial charge is 0.385 e. The Kier molecular flexibility index (Phi) is 5.45. The third kappa shape index (κ3) is 3.88. The zero-order valence-electron chi connectivity index (χ0n) is 15.1. The van der Waals surface area contributed by atoms with Crippen LogP contribution < -0.4 is 9.80 Å². The monoisotopic (exact) mass is 371 g/mol. The first kappa shape index (κ1) is 17.4. The minimum atomic E-state index is 0.794. The Morgan fingerprint density at radius 1 is 1.35 bits per heavy atom. The topological polar surface area (TPSA) is 57.3 Å². The Labute approximate surface area is 158 Å². The molecule has 4 heterocycles.